The van der Waals surface area contributed by atoms with Crippen molar-refractivity contribution in [3.05, 3.63) is 33.9 Å². The Kier molecular flexibility index (Phi) is 4.19. The largest absolute Gasteiger partial charge is 0.394 e. The van der Waals surface area contributed by atoms with Crippen LogP contribution in [0.5, 0.6) is 0 Å². The van der Waals surface area contributed by atoms with Gasteiger partial charge in [0.1, 0.15) is 5.69 Å². The van der Waals surface area contributed by atoms with Crippen molar-refractivity contribution in [2.75, 3.05) is 6.61 Å². The molecule has 0 saturated carbocycles. The Hall–Kier alpha value is -1.14. The van der Waals surface area contributed by atoms with Crippen LogP contribution in [0, 0.1) is 0 Å². The lowest BCUT2D eigenvalue weighted by Crippen LogP contribution is -2.06. The number of hydrogen-bond acceptors (Lipinski definition) is 4. The van der Waals surface area contributed by atoms with Gasteiger partial charge in [-0.05, 0) is 12.1 Å². The molecule has 5 nitrogen and oxygen atoms in total. The lowest BCUT2D eigenvalue weighted by Gasteiger charge is -2.07. The highest BCUT2D eigenvalue weighted by atomic mass is 35.5. The van der Waals surface area contributed by atoms with Gasteiger partial charge in [0.05, 0.1) is 35.5 Å². The number of aliphatic hydroxyl groups excluding tert-OH is 2. The van der Waals surface area contributed by atoms with E-state index in [1.807, 2.05) is 0 Å². The lowest BCUT2D eigenvalue weighted by molar-refractivity contribution is 0.268. The van der Waals surface area contributed by atoms with E-state index in [-0.39, 0.29) is 13.2 Å². The highest BCUT2D eigenvalue weighted by Crippen LogP contribution is 2.29. The van der Waals surface area contributed by atoms with Crippen molar-refractivity contribution in [1.82, 2.24) is 15.0 Å². The van der Waals surface area contributed by atoms with Gasteiger partial charge in [0.25, 0.3) is 0 Å². The van der Waals surface area contributed by atoms with Gasteiger partial charge in [0.2, 0.25) is 0 Å². The fourth-order valence-corrected chi connectivity index (χ4v) is 1.96. The van der Waals surface area contributed by atoms with E-state index in [0.717, 1.165) is 5.56 Å². The van der Waals surface area contributed by atoms with E-state index in [0.29, 0.717) is 28.0 Å². The Bertz CT molecular complexity index is 557. The van der Waals surface area contributed by atoms with Gasteiger partial charge >= 0.3 is 0 Å². The van der Waals surface area contributed by atoms with Crippen LogP contribution in [0.15, 0.2) is 18.2 Å². The SMILES string of the molecule is OCCn1nnc(CO)c1-c1ccc(Cl)c(Cl)c1. The van der Waals surface area contributed by atoms with Gasteiger partial charge in [-0.1, -0.05) is 34.5 Å². The highest BCUT2D eigenvalue weighted by molar-refractivity contribution is 6.42. The van der Waals surface area contributed by atoms with Gasteiger partial charge < -0.3 is 10.2 Å². The average molecular weight is 288 g/mol. The molecular weight excluding hydrogens is 277 g/mol. The van der Waals surface area contributed by atoms with Crippen LogP contribution in [0.25, 0.3) is 11.3 Å². The van der Waals surface area contributed by atoms with Crippen LogP contribution in [-0.4, -0.2) is 31.8 Å². The van der Waals surface area contributed by atoms with Crippen molar-refractivity contribution in [2.24, 2.45) is 0 Å². The second kappa shape index (κ2) is 5.67. The summed E-state index contributed by atoms with van der Waals surface area (Å²) in [6.07, 6.45) is 0. The summed E-state index contributed by atoms with van der Waals surface area (Å²) < 4.78 is 1.52. The maximum atomic E-state index is 9.25. The molecule has 0 aliphatic heterocycles. The Balaban J connectivity index is 2.53. The maximum Gasteiger partial charge on any atom is 0.116 e. The minimum Gasteiger partial charge on any atom is -0.394 e. The summed E-state index contributed by atoms with van der Waals surface area (Å²) in [5, 5.41) is 26.8. The van der Waals surface area contributed by atoms with Crippen LogP contribution in [-0.2, 0) is 13.2 Å². The summed E-state index contributed by atoms with van der Waals surface area (Å²) in [4.78, 5) is 0. The molecule has 0 radical (unpaired) electrons. The smallest absolute Gasteiger partial charge is 0.116 e. The topological polar surface area (TPSA) is 71.2 Å². The lowest BCUT2D eigenvalue weighted by atomic mass is 10.1. The molecule has 0 aliphatic carbocycles. The van der Waals surface area contributed by atoms with Crippen LogP contribution >= 0.6 is 23.2 Å². The van der Waals surface area contributed by atoms with E-state index in [2.05, 4.69) is 10.3 Å². The number of benzene rings is 1. The van der Waals surface area contributed by atoms with Gasteiger partial charge in [0, 0.05) is 5.56 Å². The van der Waals surface area contributed by atoms with Gasteiger partial charge in [-0.3, -0.25) is 0 Å². The maximum absolute atomic E-state index is 9.25. The second-order valence-electron chi connectivity index (χ2n) is 3.62. The fourth-order valence-electron chi connectivity index (χ4n) is 1.67. The van der Waals surface area contributed by atoms with Crippen molar-refractivity contribution in [2.45, 2.75) is 13.2 Å². The molecule has 0 unspecified atom stereocenters. The quantitative estimate of drug-likeness (QED) is 0.899. The van der Waals surface area contributed by atoms with Gasteiger partial charge in [-0.2, -0.15) is 0 Å². The van der Waals surface area contributed by atoms with Crippen molar-refractivity contribution in [3.63, 3.8) is 0 Å². The molecule has 1 aromatic heterocycles. The molecule has 7 heteroatoms. The zero-order valence-electron chi connectivity index (χ0n) is 9.35. The average Bonchev–Trinajstić information content (AvgIpc) is 2.76. The van der Waals surface area contributed by atoms with Crippen molar-refractivity contribution in [3.8, 4) is 11.3 Å². The zero-order chi connectivity index (χ0) is 13.1. The Labute approximate surface area is 114 Å². The van der Waals surface area contributed by atoms with E-state index in [1.165, 1.54) is 4.68 Å². The van der Waals surface area contributed by atoms with E-state index in [1.54, 1.807) is 18.2 Å². The zero-order valence-corrected chi connectivity index (χ0v) is 10.9. The minimum absolute atomic E-state index is 0.0669. The normalized spacial score (nSPS) is 10.9. The molecular formula is C11H11Cl2N3O2. The Morgan fingerprint density at radius 1 is 1.17 bits per heavy atom. The van der Waals surface area contributed by atoms with Gasteiger partial charge in [-0.15, -0.1) is 5.10 Å². The van der Waals surface area contributed by atoms with Gasteiger partial charge in [0.15, 0.2) is 0 Å². The second-order valence-corrected chi connectivity index (χ2v) is 4.43. The van der Waals surface area contributed by atoms with Crippen molar-refractivity contribution in [1.29, 1.82) is 0 Å². The number of rotatable bonds is 4. The minimum atomic E-state index is -0.235. The van der Waals surface area contributed by atoms with Crippen LogP contribution in [0.2, 0.25) is 10.0 Å². The molecule has 0 amide bonds. The first-order chi connectivity index (χ1) is 8.67. The number of aliphatic hydroxyl groups is 2. The first-order valence-corrected chi connectivity index (χ1v) is 6.02. The standard InChI is InChI=1S/C11H11Cl2N3O2/c12-8-2-1-7(5-9(8)13)11-10(6-18)14-15-16(11)3-4-17/h1-2,5,17-18H,3-4,6H2. The van der Waals surface area contributed by atoms with E-state index < -0.39 is 0 Å². The van der Waals surface area contributed by atoms with Gasteiger partial charge in [-0.25, -0.2) is 4.68 Å². The molecule has 1 aromatic carbocycles. The Morgan fingerprint density at radius 3 is 2.56 bits per heavy atom. The molecule has 0 atom stereocenters. The van der Waals surface area contributed by atoms with Crippen molar-refractivity contribution < 1.29 is 10.2 Å². The molecule has 0 spiro atoms. The molecule has 0 saturated heterocycles. The molecule has 96 valence electrons. The third-order valence-electron chi connectivity index (χ3n) is 2.46. The molecule has 0 bridgehead atoms. The van der Waals surface area contributed by atoms with E-state index in [4.69, 9.17) is 28.3 Å². The highest BCUT2D eigenvalue weighted by Gasteiger charge is 2.15. The number of halogens is 2. The first-order valence-electron chi connectivity index (χ1n) is 5.27. The molecule has 1 heterocycles. The van der Waals surface area contributed by atoms with E-state index >= 15 is 0 Å². The third-order valence-corrected chi connectivity index (χ3v) is 3.20. The van der Waals surface area contributed by atoms with Crippen LogP contribution in [0.3, 0.4) is 0 Å². The number of hydrogen-bond donors (Lipinski definition) is 2. The van der Waals surface area contributed by atoms with Crippen LogP contribution in [0.1, 0.15) is 5.69 Å². The number of nitrogens with zero attached hydrogens (tertiary/aromatic N) is 3. The fraction of sp³-hybridized carbons (Fsp3) is 0.273. The predicted molar refractivity (Wildman–Crippen MR) is 68.5 cm³/mol. The molecule has 2 N–H and O–H groups in total. The summed E-state index contributed by atoms with van der Waals surface area (Å²) in [5.74, 6) is 0. The first kappa shape index (κ1) is 13.3. The van der Waals surface area contributed by atoms with E-state index in [9.17, 15) is 5.11 Å². The van der Waals surface area contributed by atoms with Crippen LogP contribution < -0.4 is 0 Å². The number of aromatic nitrogens is 3. The van der Waals surface area contributed by atoms with Crippen LogP contribution in [0.4, 0.5) is 0 Å². The monoisotopic (exact) mass is 287 g/mol. The molecule has 0 aliphatic rings. The molecule has 0 fully saturated rings. The summed E-state index contributed by atoms with van der Waals surface area (Å²) in [6, 6.07) is 5.10. The Morgan fingerprint density at radius 2 is 1.94 bits per heavy atom. The van der Waals surface area contributed by atoms with Crippen molar-refractivity contribution >= 4 is 23.2 Å². The molecule has 2 aromatic rings. The molecule has 2 rings (SSSR count). The predicted octanol–water partition coefficient (Wildman–Crippen LogP) is 1.74. The summed E-state index contributed by atoms with van der Waals surface area (Å²) in [5.41, 5.74) is 1.80. The summed E-state index contributed by atoms with van der Waals surface area (Å²) >= 11 is 11.8. The third kappa shape index (κ3) is 2.49. The molecule has 18 heavy (non-hydrogen) atoms. The summed E-state index contributed by atoms with van der Waals surface area (Å²) in [7, 11) is 0. The summed E-state index contributed by atoms with van der Waals surface area (Å²) in [6.45, 7) is -0.00780.